The Balaban J connectivity index is 2.04. The highest BCUT2D eigenvalue weighted by Gasteiger charge is 2.04. The Bertz CT molecular complexity index is 599. The zero-order valence-corrected chi connectivity index (χ0v) is 11.6. The molecule has 0 saturated carbocycles. The lowest BCUT2D eigenvalue weighted by Crippen LogP contribution is -2.10. The van der Waals surface area contributed by atoms with Gasteiger partial charge < -0.3 is 10.5 Å². The van der Waals surface area contributed by atoms with Crippen molar-refractivity contribution < 1.29 is 9.13 Å². The summed E-state index contributed by atoms with van der Waals surface area (Å²) in [6.07, 6.45) is 0. The number of hydrogen-bond acceptors (Lipinski definition) is 2. The molecule has 5 heteroatoms. The number of benzene rings is 2. The number of rotatable bonds is 4. The highest BCUT2D eigenvalue weighted by Crippen LogP contribution is 2.22. The zero-order chi connectivity index (χ0) is 13.8. The van der Waals surface area contributed by atoms with Crippen molar-refractivity contribution in [2.45, 2.75) is 6.61 Å². The third-order valence-corrected chi connectivity index (χ3v) is 3.05. The average Bonchev–Trinajstić information content (AvgIpc) is 2.38. The largest absolute Gasteiger partial charge is 0.486 e. The quantitative estimate of drug-likeness (QED) is 0.669. The van der Waals surface area contributed by atoms with Gasteiger partial charge >= 0.3 is 0 Å². The first-order chi connectivity index (χ1) is 9.06. The molecule has 0 saturated heterocycles. The molecule has 0 bridgehead atoms. The molecule has 2 aromatic rings. The van der Waals surface area contributed by atoms with E-state index in [1.54, 1.807) is 36.4 Å². The van der Waals surface area contributed by atoms with Gasteiger partial charge in [-0.3, -0.25) is 5.41 Å². The molecule has 0 heterocycles. The molecule has 0 fully saturated rings. The van der Waals surface area contributed by atoms with E-state index >= 15 is 0 Å². The maximum absolute atomic E-state index is 13.5. The van der Waals surface area contributed by atoms with E-state index in [2.05, 4.69) is 15.9 Å². The smallest absolute Gasteiger partial charge is 0.166 e. The van der Waals surface area contributed by atoms with E-state index in [9.17, 15) is 4.39 Å². The summed E-state index contributed by atoms with van der Waals surface area (Å²) in [7, 11) is 0. The van der Waals surface area contributed by atoms with Gasteiger partial charge in [-0.1, -0.05) is 40.2 Å². The standard InChI is InChI=1S/C14H12BrFN2O/c15-11-5-6-13(12(16)7-11)19-8-9-1-3-10(4-2-9)14(17)18/h1-7H,8H2,(H3,17,18). The minimum absolute atomic E-state index is 0.0198. The summed E-state index contributed by atoms with van der Waals surface area (Å²) in [6.45, 7) is 0.261. The molecule has 0 amide bonds. The van der Waals surface area contributed by atoms with E-state index in [0.29, 0.717) is 10.0 Å². The first-order valence-electron chi connectivity index (χ1n) is 5.57. The van der Waals surface area contributed by atoms with Crippen molar-refractivity contribution in [3.05, 3.63) is 63.9 Å². The zero-order valence-electron chi connectivity index (χ0n) is 9.99. The van der Waals surface area contributed by atoms with Gasteiger partial charge in [0.2, 0.25) is 0 Å². The summed E-state index contributed by atoms with van der Waals surface area (Å²) in [4.78, 5) is 0. The van der Waals surface area contributed by atoms with E-state index in [0.717, 1.165) is 5.56 Å². The number of nitrogens with two attached hydrogens (primary N) is 1. The van der Waals surface area contributed by atoms with Crippen LogP contribution in [0.25, 0.3) is 0 Å². The van der Waals surface area contributed by atoms with E-state index in [1.165, 1.54) is 6.07 Å². The van der Waals surface area contributed by atoms with Crippen LogP contribution < -0.4 is 10.5 Å². The molecule has 0 aliphatic rings. The Morgan fingerprint density at radius 1 is 1.21 bits per heavy atom. The van der Waals surface area contributed by atoms with Crippen LogP contribution in [0.5, 0.6) is 5.75 Å². The molecule has 0 atom stereocenters. The van der Waals surface area contributed by atoms with Crippen LogP contribution >= 0.6 is 15.9 Å². The van der Waals surface area contributed by atoms with Crippen LogP contribution in [0, 0.1) is 11.2 Å². The lowest BCUT2D eigenvalue weighted by Gasteiger charge is -2.08. The molecule has 0 aliphatic heterocycles. The number of hydrogen-bond donors (Lipinski definition) is 2. The van der Waals surface area contributed by atoms with E-state index < -0.39 is 5.82 Å². The van der Waals surface area contributed by atoms with Crippen molar-refractivity contribution in [2.75, 3.05) is 0 Å². The molecule has 2 aromatic carbocycles. The molecule has 0 aromatic heterocycles. The molecule has 0 aliphatic carbocycles. The van der Waals surface area contributed by atoms with Gasteiger partial charge in [-0.05, 0) is 23.8 Å². The van der Waals surface area contributed by atoms with Gasteiger partial charge in [-0.2, -0.15) is 0 Å². The van der Waals surface area contributed by atoms with Crippen LogP contribution in [-0.2, 0) is 6.61 Å². The summed E-state index contributed by atoms with van der Waals surface area (Å²) in [5, 5.41) is 7.28. The molecule has 2 rings (SSSR count). The lowest BCUT2D eigenvalue weighted by atomic mass is 10.1. The first kappa shape index (κ1) is 13.5. The highest BCUT2D eigenvalue weighted by molar-refractivity contribution is 9.10. The number of nitrogen functional groups attached to an aromatic ring is 1. The summed E-state index contributed by atoms with van der Waals surface area (Å²) < 4.78 is 19.6. The summed E-state index contributed by atoms with van der Waals surface area (Å²) >= 11 is 3.19. The monoisotopic (exact) mass is 322 g/mol. The van der Waals surface area contributed by atoms with Crippen molar-refractivity contribution in [2.24, 2.45) is 5.73 Å². The Morgan fingerprint density at radius 3 is 2.47 bits per heavy atom. The lowest BCUT2D eigenvalue weighted by molar-refractivity contribution is 0.290. The maximum atomic E-state index is 13.5. The van der Waals surface area contributed by atoms with Gasteiger partial charge in [-0.15, -0.1) is 0 Å². The van der Waals surface area contributed by atoms with Crippen molar-refractivity contribution in [1.29, 1.82) is 5.41 Å². The molecule has 0 spiro atoms. The number of halogens is 2. The van der Waals surface area contributed by atoms with Gasteiger partial charge in [0, 0.05) is 10.0 Å². The topological polar surface area (TPSA) is 59.1 Å². The Hall–Kier alpha value is -1.88. The predicted octanol–water partition coefficient (Wildman–Crippen LogP) is 3.45. The normalized spacial score (nSPS) is 10.2. The van der Waals surface area contributed by atoms with Gasteiger partial charge in [0.25, 0.3) is 0 Å². The molecular formula is C14H12BrFN2O. The van der Waals surface area contributed by atoms with Crippen LogP contribution in [0.4, 0.5) is 4.39 Å². The molecule has 0 radical (unpaired) electrons. The summed E-state index contributed by atoms with van der Waals surface area (Å²) in [5.74, 6) is -0.181. The van der Waals surface area contributed by atoms with Gasteiger partial charge in [0.15, 0.2) is 11.6 Å². The van der Waals surface area contributed by atoms with Crippen LogP contribution in [0.15, 0.2) is 46.9 Å². The third kappa shape index (κ3) is 3.54. The highest BCUT2D eigenvalue weighted by atomic mass is 79.9. The minimum Gasteiger partial charge on any atom is -0.486 e. The third-order valence-electron chi connectivity index (χ3n) is 2.55. The average molecular weight is 323 g/mol. The van der Waals surface area contributed by atoms with Crippen LogP contribution in [-0.4, -0.2) is 5.84 Å². The summed E-state index contributed by atoms with van der Waals surface area (Å²) in [5.41, 5.74) is 6.89. The van der Waals surface area contributed by atoms with Gasteiger partial charge in [-0.25, -0.2) is 4.39 Å². The molecular weight excluding hydrogens is 311 g/mol. The SMILES string of the molecule is N=C(N)c1ccc(COc2ccc(Br)cc2F)cc1. The summed E-state index contributed by atoms with van der Waals surface area (Å²) in [6, 6.07) is 11.7. The van der Waals surface area contributed by atoms with Crippen LogP contribution in [0.1, 0.15) is 11.1 Å². The Labute approximate surface area is 118 Å². The van der Waals surface area contributed by atoms with Crippen molar-refractivity contribution in [3.8, 4) is 5.75 Å². The van der Waals surface area contributed by atoms with Crippen LogP contribution in [0.3, 0.4) is 0 Å². The second-order valence-electron chi connectivity index (χ2n) is 3.97. The van der Waals surface area contributed by atoms with Gasteiger partial charge in [0.05, 0.1) is 0 Å². The second kappa shape index (κ2) is 5.84. The van der Waals surface area contributed by atoms with E-state index in [4.69, 9.17) is 15.9 Å². The minimum atomic E-state index is -0.408. The van der Waals surface area contributed by atoms with Gasteiger partial charge in [0.1, 0.15) is 12.4 Å². The molecule has 19 heavy (non-hydrogen) atoms. The number of nitrogens with one attached hydrogen (secondary N) is 1. The predicted molar refractivity (Wildman–Crippen MR) is 75.9 cm³/mol. The molecule has 3 N–H and O–H groups in total. The Kier molecular flexibility index (Phi) is 4.16. The fourth-order valence-electron chi connectivity index (χ4n) is 1.53. The first-order valence-corrected chi connectivity index (χ1v) is 6.37. The maximum Gasteiger partial charge on any atom is 0.166 e. The second-order valence-corrected chi connectivity index (χ2v) is 4.89. The van der Waals surface area contributed by atoms with Crippen LogP contribution in [0.2, 0.25) is 0 Å². The van der Waals surface area contributed by atoms with Crippen molar-refractivity contribution in [1.82, 2.24) is 0 Å². The number of amidine groups is 1. The fraction of sp³-hybridized carbons (Fsp3) is 0.0714. The fourth-order valence-corrected chi connectivity index (χ4v) is 1.87. The van der Waals surface area contributed by atoms with Crippen molar-refractivity contribution in [3.63, 3.8) is 0 Å². The van der Waals surface area contributed by atoms with E-state index in [-0.39, 0.29) is 18.2 Å². The molecule has 98 valence electrons. The molecule has 3 nitrogen and oxygen atoms in total. The van der Waals surface area contributed by atoms with Crippen molar-refractivity contribution >= 4 is 21.8 Å². The number of ether oxygens (including phenoxy) is 1. The molecule has 0 unspecified atom stereocenters. The van der Waals surface area contributed by atoms with E-state index in [1.807, 2.05) is 0 Å². The Morgan fingerprint density at radius 2 is 1.89 bits per heavy atom.